The van der Waals surface area contributed by atoms with Crippen LogP contribution in [0.3, 0.4) is 0 Å². The zero-order chi connectivity index (χ0) is 13.8. The third-order valence-electron chi connectivity index (χ3n) is 2.24. The fraction of sp³-hybridized carbons (Fsp3) is 0.467. The molecule has 0 aliphatic heterocycles. The Balaban J connectivity index is 2.64. The molecule has 0 aromatic heterocycles. The van der Waals surface area contributed by atoms with Gasteiger partial charge in [-0.05, 0) is 33.8 Å². The van der Waals surface area contributed by atoms with Crippen LogP contribution in [-0.4, -0.2) is 6.61 Å². The first kappa shape index (κ1) is 14.5. The number of rotatable bonds is 3. The van der Waals surface area contributed by atoms with Crippen LogP contribution in [0.2, 0.25) is 0 Å². The molecule has 3 heteroatoms. The first-order chi connectivity index (χ1) is 8.29. The SMILES string of the molecule is CC(N)c1ccc(OCC#CC(C)(C)C)cc1F. The van der Waals surface area contributed by atoms with Gasteiger partial charge in [0.2, 0.25) is 0 Å². The standard InChI is InChI=1S/C15H20FNO/c1-11(17)13-7-6-12(10-14(13)16)18-9-5-8-15(2,3)4/h6-7,10-11H,9,17H2,1-4H3. The molecular weight excluding hydrogens is 229 g/mol. The summed E-state index contributed by atoms with van der Waals surface area (Å²) in [6.45, 7) is 8.08. The Kier molecular flexibility index (Phi) is 4.75. The van der Waals surface area contributed by atoms with Gasteiger partial charge in [-0.1, -0.05) is 17.9 Å². The van der Waals surface area contributed by atoms with Crippen LogP contribution in [0.25, 0.3) is 0 Å². The van der Waals surface area contributed by atoms with E-state index >= 15 is 0 Å². The van der Waals surface area contributed by atoms with Crippen LogP contribution in [0.4, 0.5) is 4.39 Å². The van der Waals surface area contributed by atoms with Crippen molar-refractivity contribution in [1.29, 1.82) is 0 Å². The average Bonchev–Trinajstić information content (AvgIpc) is 2.22. The number of halogens is 1. The fourth-order valence-electron chi connectivity index (χ4n) is 1.39. The van der Waals surface area contributed by atoms with Gasteiger partial charge in [0, 0.05) is 23.1 Å². The summed E-state index contributed by atoms with van der Waals surface area (Å²) in [7, 11) is 0. The number of hydrogen-bond acceptors (Lipinski definition) is 2. The lowest BCUT2D eigenvalue weighted by molar-refractivity contribution is 0.366. The molecular formula is C15H20FNO. The van der Waals surface area contributed by atoms with Crippen molar-refractivity contribution in [2.24, 2.45) is 11.1 Å². The Morgan fingerprint density at radius 2 is 2.06 bits per heavy atom. The van der Waals surface area contributed by atoms with Crippen LogP contribution in [0.5, 0.6) is 5.75 Å². The van der Waals surface area contributed by atoms with E-state index in [1.165, 1.54) is 6.07 Å². The molecule has 1 rings (SSSR count). The van der Waals surface area contributed by atoms with Crippen LogP contribution >= 0.6 is 0 Å². The predicted octanol–water partition coefficient (Wildman–Crippen LogP) is 3.27. The second-order valence-corrected chi connectivity index (χ2v) is 5.31. The second kappa shape index (κ2) is 5.88. The summed E-state index contributed by atoms with van der Waals surface area (Å²) in [4.78, 5) is 0. The molecule has 0 saturated carbocycles. The maximum absolute atomic E-state index is 13.6. The highest BCUT2D eigenvalue weighted by Crippen LogP contribution is 2.20. The molecule has 1 aromatic rings. The van der Waals surface area contributed by atoms with Crippen molar-refractivity contribution >= 4 is 0 Å². The molecule has 0 aliphatic rings. The molecule has 98 valence electrons. The number of nitrogens with two attached hydrogens (primary N) is 1. The summed E-state index contributed by atoms with van der Waals surface area (Å²) in [5.74, 6) is 6.09. The molecule has 0 bridgehead atoms. The van der Waals surface area contributed by atoms with Gasteiger partial charge in [0.25, 0.3) is 0 Å². The van der Waals surface area contributed by atoms with Gasteiger partial charge in [0.1, 0.15) is 18.2 Å². The highest BCUT2D eigenvalue weighted by molar-refractivity contribution is 5.30. The summed E-state index contributed by atoms with van der Waals surface area (Å²) in [5, 5.41) is 0. The van der Waals surface area contributed by atoms with Crippen molar-refractivity contribution in [3.8, 4) is 17.6 Å². The van der Waals surface area contributed by atoms with Gasteiger partial charge < -0.3 is 10.5 Å². The summed E-state index contributed by atoms with van der Waals surface area (Å²) in [6.07, 6.45) is 0. The van der Waals surface area contributed by atoms with Crippen molar-refractivity contribution in [1.82, 2.24) is 0 Å². The first-order valence-electron chi connectivity index (χ1n) is 5.97. The van der Waals surface area contributed by atoms with Crippen LogP contribution < -0.4 is 10.5 Å². The van der Waals surface area contributed by atoms with Gasteiger partial charge in [-0.2, -0.15) is 0 Å². The van der Waals surface area contributed by atoms with Crippen LogP contribution in [0, 0.1) is 23.1 Å². The molecule has 1 atom stereocenters. The topological polar surface area (TPSA) is 35.2 Å². The van der Waals surface area contributed by atoms with E-state index in [1.807, 2.05) is 20.8 Å². The van der Waals surface area contributed by atoms with Crippen LogP contribution in [0.1, 0.15) is 39.3 Å². The summed E-state index contributed by atoms with van der Waals surface area (Å²) in [5.41, 5.74) is 6.07. The molecule has 2 nitrogen and oxygen atoms in total. The highest BCUT2D eigenvalue weighted by Gasteiger charge is 2.08. The maximum Gasteiger partial charge on any atom is 0.149 e. The largest absolute Gasteiger partial charge is 0.481 e. The van der Waals surface area contributed by atoms with Crippen LogP contribution in [-0.2, 0) is 0 Å². The van der Waals surface area contributed by atoms with Gasteiger partial charge >= 0.3 is 0 Å². The Labute approximate surface area is 108 Å². The second-order valence-electron chi connectivity index (χ2n) is 5.31. The van der Waals surface area contributed by atoms with Gasteiger partial charge in [0.05, 0.1) is 0 Å². The molecule has 18 heavy (non-hydrogen) atoms. The third kappa shape index (κ3) is 4.77. The van der Waals surface area contributed by atoms with E-state index in [0.29, 0.717) is 11.3 Å². The Hall–Kier alpha value is -1.53. The zero-order valence-corrected chi connectivity index (χ0v) is 11.4. The molecule has 0 aliphatic carbocycles. The lowest BCUT2D eigenvalue weighted by Crippen LogP contribution is -2.07. The van der Waals surface area contributed by atoms with Gasteiger partial charge in [-0.15, -0.1) is 0 Å². The Morgan fingerprint density at radius 3 is 2.56 bits per heavy atom. The minimum Gasteiger partial charge on any atom is -0.481 e. The lowest BCUT2D eigenvalue weighted by atomic mass is 9.98. The fourth-order valence-corrected chi connectivity index (χ4v) is 1.39. The van der Waals surface area contributed by atoms with E-state index in [0.717, 1.165) is 0 Å². The van der Waals surface area contributed by atoms with Crippen molar-refractivity contribution in [3.05, 3.63) is 29.6 Å². The third-order valence-corrected chi connectivity index (χ3v) is 2.24. The number of ether oxygens (including phenoxy) is 1. The Morgan fingerprint density at radius 1 is 1.39 bits per heavy atom. The molecule has 0 saturated heterocycles. The van der Waals surface area contributed by atoms with Gasteiger partial charge in [-0.25, -0.2) is 4.39 Å². The van der Waals surface area contributed by atoms with E-state index in [4.69, 9.17) is 10.5 Å². The summed E-state index contributed by atoms with van der Waals surface area (Å²) in [6, 6.07) is 4.38. The zero-order valence-electron chi connectivity index (χ0n) is 11.4. The minimum atomic E-state index is -0.341. The lowest BCUT2D eigenvalue weighted by Gasteiger charge is -2.09. The molecule has 0 fully saturated rings. The maximum atomic E-state index is 13.6. The van der Waals surface area contributed by atoms with Crippen molar-refractivity contribution in [3.63, 3.8) is 0 Å². The van der Waals surface area contributed by atoms with E-state index in [-0.39, 0.29) is 23.9 Å². The van der Waals surface area contributed by atoms with E-state index in [1.54, 1.807) is 19.1 Å². The monoisotopic (exact) mass is 249 g/mol. The minimum absolute atomic E-state index is 0.0482. The summed E-state index contributed by atoms with van der Waals surface area (Å²) < 4.78 is 19.0. The number of benzene rings is 1. The predicted molar refractivity (Wildman–Crippen MR) is 71.7 cm³/mol. The van der Waals surface area contributed by atoms with E-state index < -0.39 is 0 Å². The molecule has 2 N–H and O–H groups in total. The quantitative estimate of drug-likeness (QED) is 0.834. The molecule has 0 heterocycles. The first-order valence-corrected chi connectivity index (χ1v) is 5.97. The smallest absolute Gasteiger partial charge is 0.149 e. The van der Waals surface area contributed by atoms with Crippen LogP contribution in [0.15, 0.2) is 18.2 Å². The highest BCUT2D eigenvalue weighted by atomic mass is 19.1. The molecule has 0 spiro atoms. The van der Waals surface area contributed by atoms with Crippen molar-refractivity contribution in [2.75, 3.05) is 6.61 Å². The molecule has 1 unspecified atom stereocenters. The molecule has 0 amide bonds. The molecule has 0 radical (unpaired) electrons. The Bertz CT molecular complexity index is 464. The average molecular weight is 249 g/mol. The van der Waals surface area contributed by atoms with E-state index in [9.17, 15) is 4.39 Å². The normalized spacial score (nSPS) is 12.6. The van der Waals surface area contributed by atoms with Gasteiger partial charge in [-0.3, -0.25) is 0 Å². The van der Waals surface area contributed by atoms with Crippen molar-refractivity contribution < 1.29 is 9.13 Å². The number of hydrogen-bond donors (Lipinski definition) is 1. The van der Waals surface area contributed by atoms with Gasteiger partial charge in [0.15, 0.2) is 0 Å². The van der Waals surface area contributed by atoms with E-state index in [2.05, 4.69) is 11.8 Å². The van der Waals surface area contributed by atoms with Crippen molar-refractivity contribution in [2.45, 2.75) is 33.7 Å². The summed E-state index contributed by atoms with van der Waals surface area (Å²) >= 11 is 0. The molecule has 1 aromatic carbocycles.